The molecular weight excluding hydrogens is 278 g/mol. The molecule has 4 N–H and O–H groups in total. The van der Waals surface area contributed by atoms with E-state index in [2.05, 4.69) is 10.0 Å². The van der Waals surface area contributed by atoms with Gasteiger partial charge in [0, 0.05) is 24.5 Å². The summed E-state index contributed by atoms with van der Waals surface area (Å²) in [6.07, 6.45) is 6.53. The number of carbonyl (C=O) groups is 1. The molecule has 0 aromatic heterocycles. The largest absolute Gasteiger partial charge is 0.356 e. The molecule has 2 saturated carbocycles. The molecule has 2 aliphatic rings. The maximum absolute atomic E-state index is 12.0. The topological polar surface area (TPSA) is 101 Å². The predicted octanol–water partition coefficient (Wildman–Crippen LogP) is -0.0521. The Kier molecular flexibility index (Phi) is 5.04. The van der Waals surface area contributed by atoms with Gasteiger partial charge in [-0.15, -0.1) is 0 Å². The van der Waals surface area contributed by atoms with Gasteiger partial charge in [0.1, 0.15) is 0 Å². The zero-order valence-electron chi connectivity index (χ0n) is 12.0. The zero-order valence-corrected chi connectivity index (χ0v) is 12.8. The molecule has 2 rings (SSSR count). The van der Waals surface area contributed by atoms with E-state index in [1.54, 1.807) is 0 Å². The maximum Gasteiger partial charge on any atom is 0.223 e. The van der Waals surface area contributed by atoms with Crippen molar-refractivity contribution in [3.63, 3.8) is 0 Å². The zero-order chi connectivity index (χ0) is 14.8. The summed E-state index contributed by atoms with van der Waals surface area (Å²) < 4.78 is 25.3. The third-order valence-electron chi connectivity index (χ3n) is 4.41. The van der Waals surface area contributed by atoms with Gasteiger partial charge < -0.3 is 11.1 Å². The lowest BCUT2D eigenvalue weighted by Crippen LogP contribution is -2.42. The highest BCUT2D eigenvalue weighted by atomic mass is 32.2. The predicted molar refractivity (Wildman–Crippen MR) is 77.4 cm³/mol. The highest BCUT2D eigenvalue weighted by Gasteiger charge is 2.32. The number of hydrogen-bond donors (Lipinski definition) is 3. The van der Waals surface area contributed by atoms with Gasteiger partial charge in [-0.3, -0.25) is 4.79 Å². The summed E-state index contributed by atoms with van der Waals surface area (Å²) in [6, 6.07) is 0.105. The number of hydrogen-bond acceptors (Lipinski definition) is 4. The van der Waals surface area contributed by atoms with Gasteiger partial charge in [0.25, 0.3) is 0 Å². The molecule has 0 radical (unpaired) electrons. The van der Waals surface area contributed by atoms with Gasteiger partial charge in [-0.1, -0.05) is 6.42 Å². The van der Waals surface area contributed by atoms with Crippen LogP contribution in [0.15, 0.2) is 0 Å². The van der Waals surface area contributed by atoms with Crippen molar-refractivity contribution < 1.29 is 13.2 Å². The van der Waals surface area contributed by atoms with Crippen LogP contribution in [0.5, 0.6) is 0 Å². The summed E-state index contributed by atoms with van der Waals surface area (Å²) in [6.45, 7) is 0.553. The first-order chi connectivity index (χ1) is 9.35. The Bertz CT molecular complexity index is 452. The first kappa shape index (κ1) is 15.7. The standard InChI is InChI=1S/C13H25N3O3S/c1-20(18,19)16-12-4-2-3-10(12)8-15-13(17)9-5-6-11(14)7-9/h9-12,16H,2-8,14H2,1H3,(H,15,17). The molecule has 0 bridgehead atoms. The van der Waals surface area contributed by atoms with Gasteiger partial charge in [-0.2, -0.15) is 0 Å². The molecule has 0 aromatic rings. The van der Waals surface area contributed by atoms with Crippen LogP contribution in [0.1, 0.15) is 38.5 Å². The summed E-state index contributed by atoms with van der Waals surface area (Å²) in [4.78, 5) is 12.0. The van der Waals surface area contributed by atoms with E-state index in [4.69, 9.17) is 5.73 Å². The van der Waals surface area contributed by atoms with E-state index in [9.17, 15) is 13.2 Å². The second-order valence-electron chi connectivity index (χ2n) is 6.20. The Morgan fingerprint density at radius 1 is 1.25 bits per heavy atom. The molecule has 0 heterocycles. The third-order valence-corrected chi connectivity index (χ3v) is 5.14. The van der Waals surface area contributed by atoms with Crippen molar-refractivity contribution in [2.24, 2.45) is 17.6 Å². The Morgan fingerprint density at radius 2 is 2.00 bits per heavy atom. The van der Waals surface area contributed by atoms with Gasteiger partial charge in [0.05, 0.1) is 6.26 Å². The van der Waals surface area contributed by atoms with Gasteiger partial charge in [0.15, 0.2) is 0 Å². The summed E-state index contributed by atoms with van der Waals surface area (Å²) in [5.74, 6) is 0.305. The third kappa shape index (κ3) is 4.43. The Morgan fingerprint density at radius 3 is 2.60 bits per heavy atom. The molecule has 2 aliphatic carbocycles. The minimum Gasteiger partial charge on any atom is -0.356 e. The number of amides is 1. The minimum atomic E-state index is -3.18. The molecule has 4 unspecified atom stereocenters. The van der Waals surface area contributed by atoms with Crippen molar-refractivity contribution >= 4 is 15.9 Å². The first-order valence-electron chi connectivity index (χ1n) is 7.36. The fourth-order valence-electron chi connectivity index (χ4n) is 3.34. The first-order valence-corrected chi connectivity index (χ1v) is 9.25. The number of rotatable bonds is 5. The molecule has 116 valence electrons. The van der Waals surface area contributed by atoms with E-state index in [1.165, 1.54) is 6.26 Å². The molecule has 1 amide bonds. The average Bonchev–Trinajstić information content (AvgIpc) is 2.93. The van der Waals surface area contributed by atoms with Crippen molar-refractivity contribution in [1.82, 2.24) is 10.0 Å². The number of carbonyl (C=O) groups excluding carboxylic acids is 1. The van der Waals surface area contributed by atoms with E-state index in [-0.39, 0.29) is 29.8 Å². The van der Waals surface area contributed by atoms with Crippen LogP contribution in [-0.4, -0.2) is 39.2 Å². The molecule has 0 saturated heterocycles. The number of nitrogens with one attached hydrogen (secondary N) is 2. The van der Waals surface area contributed by atoms with E-state index in [0.29, 0.717) is 6.54 Å². The van der Waals surface area contributed by atoms with Gasteiger partial charge >= 0.3 is 0 Å². The minimum absolute atomic E-state index is 0.0349. The van der Waals surface area contributed by atoms with Crippen LogP contribution in [-0.2, 0) is 14.8 Å². The van der Waals surface area contributed by atoms with Gasteiger partial charge in [0.2, 0.25) is 15.9 Å². The normalized spacial score (nSPS) is 34.3. The van der Waals surface area contributed by atoms with E-state index >= 15 is 0 Å². The fourth-order valence-corrected chi connectivity index (χ4v) is 4.20. The summed E-state index contributed by atoms with van der Waals surface area (Å²) in [5.41, 5.74) is 5.82. The smallest absolute Gasteiger partial charge is 0.223 e. The lowest BCUT2D eigenvalue weighted by Gasteiger charge is -2.21. The second kappa shape index (κ2) is 6.41. The fraction of sp³-hybridized carbons (Fsp3) is 0.923. The molecule has 0 aromatic carbocycles. The van der Waals surface area contributed by atoms with Crippen LogP contribution in [0.4, 0.5) is 0 Å². The van der Waals surface area contributed by atoms with Crippen LogP contribution < -0.4 is 15.8 Å². The van der Waals surface area contributed by atoms with Crippen molar-refractivity contribution in [2.45, 2.75) is 50.6 Å². The second-order valence-corrected chi connectivity index (χ2v) is 7.98. The van der Waals surface area contributed by atoms with Gasteiger partial charge in [-0.05, 0) is 38.0 Å². The quantitative estimate of drug-likeness (QED) is 0.662. The van der Waals surface area contributed by atoms with Crippen LogP contribution >= 0.6 is 0 Å². The lowest BCUT2D eigenvalue weighted by atomic mass is 10.0. The Hall–Kier alpha value is -0.660. The molecule has 6 nitrogen and oxygen atoms in total. The number of nitrogens with two attached hydrogens (primary N) is 1. The highest BCUT2D eigenvalue weighted by Crippen LogP contribution is 2.27. The SMILES string of the molecule is CS(=O)(=O)NC1CCCC1CNC(=O)C1CCC(N)C1. The summed E-state index contributed by atoms with van der Waals surface area (Å²) in [5, 5.41) is 2.97. The van der Waals surface area contributed by atoms with Crippen molar-refractivity contribution in [2.75, 3.05) is 12.8 Å². The van der Waals surface area contributed by atoms with E-state index < -0.39 is 10.0 Å². The van der Waals surface area contributed by atoms with E-state index in [1.807, 2.05) is 0 Å². The van der Waals surface area contributed by atoms with Crippen LogP contribution in [0.25, 0.3) is 0 Å². The lowest BCUT2D eigenvalue weighted by molar-refractivity contribution is -0.125. The number of sulfonamides is 1. The molecule has 20 heavy (non-hydrogen) atoms. The highest BCUT2D eigenvalue weighted by molar-refractivity contribution is 7.88. The van der Waals surface area contributed by atoms with Crippen molar-refractivity contribution in [3.05, 3.63) is 0 Å². The monoisotopic (exact) mass is 303 g/mol. The molecular formula is C13H25N3O3S. The molecule has 0 aliphatic heterocycles. The van der Waals surface area contributed by atoms with E-state index in [0.717, 1.165) is 38.5 Å². The van der Waals surface area contributed by atoms with Crippen molar-refractivity contribution in [1.29, 1.82) is 0 Å². The molecule has 4 atom stereocenters. The van der Waals surface area contributed by atoms with Crippen molar-refractivity contribution in [3.8, 4) is 0 Å². The molecule has 2 fully saturated rings. The maximum atomic E-state index is 12.0. The van der Waals surface area contributed by atoms with Crippen LogP contribution in [0.3, 0.4) is 0 Å². The summed E-state index contributed by atoms with van der Waals surface area (Å²) >= 11 is 0. The van der Waals surface area contributed by atoms with Gasteiger partial charge in [-0.25, -0.2) is 13.1 Å². The Labute approximate surface area is 120 Å². The van der Waals surface area contributed by atoms with Crippen LogP contribution in [0, 0.1) is 11.8 Å². The average molecular weight is 303 g/mol. The Balaban J connectivity index is 1.79. The molecule has 7 heteroatoms. The summed E-state index contributed by atoms with van der Waals surface area (Å²) in [7, 11) is -3.18. The van der Waals surface area contributed by atoms with Crippen LogP contribution in [0.2, 0.25) is 0 Å². The molecule has 0 spiro atoms.